The van der Waals surface area contributed by atoms with Crippen LogP contribution in [0.2, 0.25) is 0 Å². The summed E-state index contributed by atoms with van der Waals surface area (Å²) < 4.78 is 11.2. The zero-order valence-electron chi connectivity index (χ0n) is 16.7. The molecule has 1 aliphatic rings. The molecule has 0 amide bonds. The molecule has 0 fully saturated rings. The molecule has 1 aromatic carbocycles. The highest BCUT2D eigenvalue weighted by Gasteiger charge is 2.52. The van der Waals surface area contributed by atoms with Gasteiger partial charge < -0.3 is 9.47 Å². The topological polar surface area (TPSA) is 35.5 Å². The Hall–Kier alpha value is -1.08. The van der Waals surface area contributed by atoms with Crippen LogP contribution in [0.25, 0.3) is 0 Å². The number of hydrogen-bond acceptors (Lipinski definition) is 3. The largest absolute Gasteiger partial charge is 0.486 e. The summed E-state index contributed by atoms with van der Waals surface area (Å²) in [4.78, 5) is 13.2. The third-order valence-electron chi connectivity index (χ3n) is 5.53. The summed E-state index contributed by atoms with van der Waals surface area (Å²) in [5, 5.41) is 0.180. The molecule has 1 heterocycles. The summed E-state index contributed by atoms with van der Waals surface area (Å²) in [7, 11) is -1.44. The van der Waals surface area contributed by atoms with Crippen molar-refractivity contribution in [1.29, 1.82) is 0 Å². The Morgan fingerprint density at radius 2 is 1.80 bits per heavy atom. The summed E-state index contributed by atoms with van der Waals surface area (Å²) >= 11 is 0. The number of ether oxygens (including phenoxy) is 2. The van der Waals surface area contributed by atoms with E-state index in [4.69, 9.17) is 9.47 Å². The number of benzene rings is 1. The van der Waals surface area contributed by atoms with Crippen LogP contribution in [0.15, 0.2) is 18.2 Å². The van der Waals surface area contributed by atoms with Gasteiger partial charge in [-0.2, -0.15) is 0 Å². The molecule has 0 radical (unpaired) electrons. The van der Waals surface area contributed by atoms with E-state index in [9.17, 15) is 4.79 Å². The molecule has 3 nitrogen and oxygen atoms in total. The lowest BCUT2D eigenvalue weighted by atomic mass is 10.1. The fourth-order valence-corrected chi connectivity index (χ4v) is 9.18. The maximum atomic E-state index is 13.2. The van der Waals surface area contributed by atoms with Crippen LogP contribution in [0.4, 0.5) is 0 Å². The molecule has 140 valence electrons. The second kappa shape index (κ2) is 8.08. The number of Topliss-reactive ketones (excluding diaryl/α,β-unsaturated/α-hetero) is 1. The molecule has 0 saturated heterocycles. The molecule has 0 N–H and O–H groups in total. The smallest absolute Gasteiger partial charge is 0.199 e. The summed E-state index contributed by atoms with van der Waals surface area (Å²) in [5.41, 5.74) is 1.32. The van der Waals surface area contributed by atoms with E-state index in [0.717, 1.165) is 11.3 Å². The minimum absolute atomic E-state index is 0.180. The molecule has 0 spiro atoms. The average Bonchev–Trinajstić information content (AvgIpc) is 2.56. The van der Waals surface area contributed by atoms with Crippen molar-refractivity contribution in [2.45, 2.75) is 65.2 Å². The lowest BCUT2D eigenvalue weighted by Gasteiger charge is -2.41. The van der Waals surface area contributed by atoms with Crippen molar-refractivity contribution in [2.75, 3.05) is 25.5 Å². The van der Waals surface area contributed by atoms with Crippen molar-refractivity contribution in [3.63, 3.8) is 0 Å². The molecule has 1 aromatic rings. The highest BCUT2D eigenvalue weighted by molar-refractivity contribution is 7.78. The normalized spacial score (nSPS) is 16.6. The van der Waals surface area contributed by atoms with Crippen LogP contribution in [0, 0.1) is 0 Å². The lowest BCUT2D eigenvalue weighted by Crippen LogP contribution is -2.33. The van der Waals surface area contributed by atoms with E-state index in [2.05, 4.69) is 41.5 Å². The Bertz CT molecular complexity index is 604. The summed E-state index contributed by atoms with van der Waals surface area (Å²) in [6.07, 6.45) is 4.27. The van der Waals surface area contributed by atoms with Crippen LogP contribution in [-0.2, 0) is 0 Å². The molecule has 1 atom stereocenters. The molecular formula is C21H34O3P+. The minimum atomic E-state index is -1.44. The van der Waals surface area contributed by atoms with Crippen molar-refractivity contribution in [2.24, 2.45) is 0 Å². The molecule has 4 heteroatoms. The molecule has 0 saturated carbocycles. The van der Waals surface area contributed by atoms with Gasteiger partial charge in [-0.15, -0.1) is 0 Å². The third kappa shape index (κ3) is 4.37. The summed E-state index contributed by atoms with van der Waals surface area (Å²) in [6.45, 7) is 15.0. The molecule has 1 aliphatic heterocycles. The Morgan fingerprint density at radius 1 is 1.16 bits per heavy atom. The van der Waals surface area contributed by atoms with Gasteiger partial charge in [-0.1, -0.05) is 13.3 Å². The zero-order valence-corrected chi connectivity index (χ0v) is 17.6. The van der Waals surface area contributed by atoms with Crippen molar-refractivity contribution < 1.29 is 14.3 Å². The van der Waals surface area contributed by atoms with Gasteiger partial charge in [0.1, 0.15) is 19.4 Å². The van der Waals surface area contributed by atoms with E-state index in [1.165, 1.54) is 19.0 Å². The highest BCUT2D eigenvalue weighted by atomic mass is 31.2. The standard InChI is InChI=1S/C21H34O3P/c1-7-8-13-25(16(2)3,21(4,5)6)15-18(22)17-9-10-19-20(14-17)24-12-11-23-19/h9-10,14,16H,7-8,11-13,15H2,1-6H3/q+1. The SMILES string of the molecule is CCCC[P+](CC(=O)c1ccc2c(c1)OCCO2)(C(C)C)C(C)(C)C. The van der Waals surface area contributed by atoms with Crippen molar-refractivity contribution in [1.82, 2.24) is 0 Å². The maximum absolute atomic E-state index is 13.2. The quantitative estimate of drug-likeness (QED) is 0.462. The van der Waals surface area contributed by atoms with E-state index in [1.54, 1.807) is 0 Å². The number of carbonyl (C=O) groups is 1. The van der Waals surface area contributed by atoms with Gasteiger partial charge in [0.25, 0.3) is 0 Å². The van der Waals surface area contributed by atoms with Crippen LogP contribution in [0.5, 0.6) is 11.5 Å². The molecule has 25 heavy (non-hydrogen) atoms. The van der Waals surface area contributed by atoms with Gasteiger partial charge in [0.2, 0.25) is 0 Å². The summed E-state index contributed by atoms with van der Waals surface area (Å²) in [6, 6.07) is 5.64. The van der Waals surface area contributed by atoms with Gasteiger partial charge in [0.05, 0.1) is 17.0 Å². The summed E-state index contributed by atoms with van der Waals surface area (Å²) in [5.74, 6) is 1.70. The van der Waals surface area contributed by atoms with Gasteiger partial charge in [-0.25, -0.2) is 0 Å². The van der Waals surface area contributed by atoms with Gasteiger partial charge in [-0.05, 0) is 59.2 Å². The number of ketones is 1. The van der Waals surface area contributed by atoms with Crippen LogP contribution < -0.4 is 9.47 Å². The fraction of sp³-hybridized carbons (Fsp3) is 0.667. The first-order valence-electron chi connectivity index (χ1n) is 9.51. The third-order valence-corrected chi connectivity index (χ3v) is 12.1. The molecule has 0 aliphatic carbocycles. The number of rotatable bonds is 7. The highest BCUT2D eigenvalue weighted by Crippen LogP contribution is 2.72. The zero-order chi connectivity index (χ0) is 18.7. The molecule has 0 aromatic heterocycles. The monoisotopic (exact) mass is 365 g/mol. The van der Waals surface area contributed by atoms with Crippen LogP contribution >= 0.6 is 7.26 Å². The van der Waals surface area contributed by atoms with Gasteiger partial charge in [0, 0.05) is 12.8 Å². The van der Waals surface area contributed by atoms with E-state index >= 15 is 0 Å². The number of carbonyl (C=O) groups excluding carboxylic acids is 1. The van der Waals surface area contributed by atoms with Crippen molar-refractivity contribution >= 4 is 13.0 Å². The second-order valence-electron chi connectivity index (χ2n) is 8.32. The van der Waals surface area contributed by atoms with Crippen molar-refractivity contribution in [3.05, 3.63) is 23.8 Å². The Kier molecular flexibility index (Phi) is 6.54. The molecule has 2 rings (SSSR count). The van der Waals surface area contributed by atoms with Crippen LogP contribution in [0.3, 0.4) is 0 Å². The molecular weight excluding hydrogens is 331 g/mol. The first-order valence-corrected chi connectivity index (χ1v) is 11.7. The van der Waals surface area contributed by atoms with Crippen LogP contribution in [0.1, 0.15) is 64.7 Å². The van der Waals surface area contributed by atoms with E-state index < -0.39 is 7.26 Å². The van der Waals surface area contributed by atoms with E-state index in [-0.39, 0.29) is 10.9 Å². The Labute approximate surface area is 153 Å². The first-order chi connectivity index (χ1) is 11.7. The number of unbranched alkanes of at least 4 members (excludes halogenated alkanes) is 1. The predicted octanol–water partition coefficient (Wildman–Crippen LogP) is 5.67. The first kappa shape index (κ1) is 20.2. The van der Waals surface area contributed by atoms with Crippen LogP contribution in [-0.4, -0.2) is 42.1 Å². The number of fused-ring (bicyclic) bond motifs is 1. The number of hydrogen-bond donors (Lipinski definition) is 0. The van der Waals surface area contributed by atoms with Gasteiger partial charge in [0.15, 0.2) is 17.3 Å². The minimum Gasteiger partial charge on any atom is -0.486 e. The maximum Gasteiger partial charge on any atom is 0.199 e. The second-order valence-corrected chi connectivity index (χ2v) is 13.5. The predicted molar refractivity (Wildman–Crippen MR) is 108 cm³/mol. The Morgan fingerprint density at radius 3 is 2.36 bits per heavy atom. The Balaban J connectivity index is 2.30. The van der Waals surface area contributed by atoms with Gasteiger partial charge in [-0.3, -0.25) is 4.79 Å². The molecule has 1 unspecified atom stereocenters. The molecule has 0 bridgehead atoms. The lowest BCUT2D eigenvalue weighted by molar-refractivity contribution is 0.101. The van der Waals surface area contributed by atoms with E-state index in [0.29, 0.717) is 30.8 Å². The average molecular weight is 365 g/mol. The van der Waals surface area contributed by atoms with E-state index in [1.807, 2.05) is 18.2 Å². The van der Waals surface area contributed by atoms with Gasteiger partial charge >= 0.3 is 0 Å². The van der Waals surface area contributed by atoms with Crippen molar-refractivity contribution in [3.8, 4) is 11.5 Å². The fourth-order valence-electron chi connectivity index (χ4n) is 3.87.